The summed E-state index contributed by atoms with van der Waals surface area (Å²) in [6.07, 6.45) is 7.53. The van der Waals surface area contributed by atoms with Gasteiger partial charge < -0.3 is 10.1 Å². The average molecular weight is 223 g/mol. The highest BCUT2D eigenvalue weighted by atomic mass is 16.5. The van der Waals surface area contributed by atoms with Gasteiger partial charge in [0.1, 0.15) is 0 Å². The molecule has 1 aromatic rings. The minimum atomic E-state index is 0.624. The molecule has 0 spiro atoms. The van der Waals surface area contributed by atoms with Crippen molar-refractivity contribution in [1.29, 1.82) is 0 Å². The molecule has 2 heterocycles. The topological polar surface area (TPSA) is 39.1 Å². The summed E-state index contributed by atoms with van der Waals surface area (Å²) in [6.45, 7) is 5.84. The molecule has 0 bridgehead atoms. The fourth-order valence-electron chi connectivity index (χ4n) is 2.08. The van der Waals surface area contributed by atoms with Crippen LogP contribution in [0.3, 0.4) is 0 Å². The maximum absolute atomic E-state index is 5.44. The number of hydrogen-bond donors (Lipinski definition) is 1. The highest BCUT2D eigenvalue weighted by Gasteiger charge is 2.10. The third kappa shape index (κ3) is 3.61. The van der Waals surface area contributed by atoms with E-state index in [1.54, 1.807) is 0 Å². The molecule has 1 saturated heterocycles. The van der Waals surface area contributed by atoms with Gasteiger partial charge >= 0.3 is 0 Å². The second-order valence-electron chi connectivity index (χ2n) is 4.48. The van der Waals surface area contributed by atoms with Gasteiger partial charge in [-0.25, -0.2) is 0 Å². The lowest BCUT2D eigenvalue weighted by molar-refractivity contribution is 0.142. The quantitative estimate of drug-likeness (QED) is 0.837. The van der Waals surface area contributed by atoms with Crippen LogP contribution in [-0.4, -0.2) is 35.6 Å². The summed E-state index contributed by atoms with van der Waals surface area (Å²) >= 11 is 0. The van der Waals surface area contributed by atoms with Crippen molar-refractivity contribution in [3.63, 3.8) is 0 Å². The van der Waals surface area contributed by atoms with Crippen LogP contribution in [0.2, 0.25) is 0 Å². The van der Waals surface area contributed by atoms with Gasteiger partial charge in [0.2, 0.25) is 0 Å². The zero-order chi connectivity index (χ0) is 11.2. The van der Waals surface area contributed by atoms with Crippen molar-refractivity contribution in [2.75, 3.05) is 19.8 Å². The second kappa shape index (κ2) is 6.01. The van der Waals surface area contributed by atoms with Crippen molar-refractivity contribution in [2.45, 2.75) is 38.8 Å². The van der Waals surface area contributed by atoms with Crippen molar-refractivity contribution >= 4 is 0 Å². The molecule has 0 saturated carbocycles. The van der Waals surface area contributed by atoms with Gasteiger partial charge in [-0.2, -0.15) is 5.10 Å². The predicted molar refractivity (Wildman–Crippen MR) is 63.4 cm³/mol. The van der Waals surface area contributed by atoms with Gasteiger partial charge in [0.15, 0.2) is 0 Å². The molecule has 1 aromatic heterocycles. The van der Waals surface area contributed by atoms with Gasteiger partial charge in [-0.1, -0.05) is 0 Å². The highest BCUT2D eigenvalue weighted by molar-refractivity contribution is 4.99. The van der Waals surface area contributed by atoms with Crippen LogP contribution >= 0.6 is 0 Å². The van der Waals surface area contributed by atoms with Crippen molar-refractivity contribution < 1.29 is 4.74 Å². The number of nitrogens with zero attached hydrogens (tertiary/aromatic N) is 2. The molecule has 2 rings (SSSR count). The first-order valence-electron chi connectivity index (χ1n) is 6.15. The molecular weight excluding hydrogens is 202 g/mol. The molecule has 1 fully saturated rings. The molecule has 1 unspecified atom stereocenters. The van der Waals surface area contributed by atoms with Crippen LogP contribution < -0.4 is 5.32 Å². The van der Waals surface area contributed by atoms with E-state index in [4.69, 9.17) is 4.74 Å². The lowest BCUT2D eigenvalue weighted by Crippen LogP contribution is -2.32. The summed E-state index contributed by atoms with van der Waals surface area (Å²) in [5.74, 6) is 0. The second-order valence-corrected chi connectivity index (χ2v) is 4.48. The lowest BCUT2D eigenvalue weighted by atomic mass is 10.1. The first kappa shape index (κ1) is 11.6. The summed E-state index contributed by atoms with van der Waals surface area (Å²) in [6, 6.07) is 0.624. The van der Waals surface area contributed by atoms with Crippen LogP contribution in [0.5, 0.6) is 0 Å². The minimum absolute atomic E-state index is 0.624. The van der Waals surface area contributed by atoms with Crippen LogP contribution in [0.4, 0.5) is 0 Å². The van der Waals surface area contributed by atoms with Crippen molar-refractivity contribution in [2.24, 2.45) is 0 Å². The van der Waals surface area contributed by atoms with Gasteiger partial charge in [0.05, 0.1) is 12.7 Å². The van der Waals surface area contributed by atoms with E-state index in [2.05, 4.69) is 23.5 Å². The van der Waals surface area contributed by atoms with Gasteiger partial charge in [-0.05, 0) is 31.7 Å². The van der Waals surface area contributed by atoms with Gasteiger partial charge in [0.25, 0.3) is 0 Å². The normalized spacial score (nSPS) is 21.9. The molecule has 4 heteroatoms. The maximum atomic E-state index is 5.44. The first-order valence-corrected chi connectivity index (χ1v) is 6.15. The molecule has 0 radical (unpaired) electrons. The molecule has 0 aromatic carbocycles. The van der Waals surface area contributed by atoms with Crippen molar-refractivity contribution in [3.8, 4) is 0 Å². The van der Waals surface area contributed by atoms with Crippen LogP contribution in [0.25, 0.3) is 0 Å². The number of aromatic nitrogens is 2. The fraction of sp³-hybridized carbons (Fsp3) is 0.750. The molecule has 1 aliphatic rings. The Hall–Kier alpha value is -0.870. The molecule has 1 atom stereocenters. The Morgan fingerprint density at radius 1 is 1.50 bits per heavy atom. The highest BCUT2D eigenvalue weighted by Crippen LogP contribution is 2.07. The number of aryl methyl sites for hydroxylation is 1. The minimum Gasteiger partial charge on any atom is -0.381 e. The smallest absolute Gasteiger partial charge is 0.0534 e. The first-order chi connectivity index (χ1) is 7.84. The van der Waals surface area contributed by atoms with Gasteiger partial charge in [0, 0.05) is 32.0 Å². The Morgan fingerprint density at radius 2 is 2.44 bits per heavy atom. The number of hydrogen-bond acceptors (Lipinski definition) is 3. The van der Waals surface area contributed by atoms with E-state index in [-0.39, 0.29) is 0 Å². The van der Waals surface area contributed by atoms with Crippen LogP contribution in [0, 0.1) is 6.92 Å². The third-order valence-electron chi connectivity index (χ3n) is 2.99. The molecule has 0 amide bonds. The third-order valence-corrected chi connectivity index (χ3v) is 2.99. The van der Waals surface area contributed by atoms with Crippen LogP contribution in [0.15, 0.2) is 12.4 Å². The molecule has 0 aliphatic carbocycles. The predicted octanol–water partition coefficient (Wildman–Crippen LogP) is 1.35. The van der Waals surface area contributed by atoms with E-state index in [0.717, 1.165) is 32.7 Å². The van der Waals surface area contributed by atoms with E-state index in [1.807, 2.05) is 10.9 Å². The summed E-state index contributed by atoms with van der Waals surface area (Å²) in [5.41, 5.74) is 1.22. The number of rotatable bonds is 4. The summed E-state index contributed by atoms with van der Waals surface area (Å²) in [4.78, 5) is 0. The Balaban J connectivity index is 1.67. The largest absolute Gasteiger partial charge is 0.381 e. The molecule has 16 heavy (non-hydrogen) atoms. The van der Waals surface area contributed by atoms with Gasteiger partial charge in [-0.3, -0.25) is 4.68 Å². The van der Waals surface area contributed by atoms with E-state index in [9.17, 15) is 0 Å². The lowest BCUT2D eigenvalue weighted by Gasteiger charge is -2.15. The van der Waals surface area contributed by atoms with Crippen LogP contribution in [0.1, 0.15) is 24.8 Å². The Bertz CT molecular complexity index is 303. The molecule has 1 aliphatic heterocycles. The molecular formula is C12H21N3O. The van der Waals surface area contributed by atoms with Crippen LogP contribution in [-0.2, 0) is 11.3 Å². The monoisotopic (exact) mass is 223 g/mol. The zero-order valence-corrected chi connectivity index (χ0v) is 9.98. The van der Waals surface area contributed by atoms with E-state index in [0.29, 0.717) is 6.04 Å². The van der Waals surface area contributed by atoms with E-state index >= 15 is 0 Å². The molecule has 1 N–H and O–H groups in total. The van der Waals surface area contributed by atoms with E-state index in [1.165, 1.54) is 18.4 Å². The zero-order valence-electron chi connectivity index (χ0n) is 9.98. The van der Waals surface area contributed by atoms with Crippen molar-refractivity contribution in [3.05, 3.63) is 18.0 Å². The standard InChI is InChI=1S/C12H21N3O/c1-11-9-14-15(10-11)6-5-13-12-3-2-7-16-8-4-12/h9-10,12-13H,2-8H2,1H3. The molecule has 4 nitrogen and oxygen atoms in total. The maximum Gasteiger partial charge on any atom is 0.0534 e. The Labute approximate surface area is 97.0 Å². The summed E-state index contributed by atoms with van der Waals surface area (Å²) in [7, 11) is 0. The Morgan fingerprint density at radius 3 is 3.25 bits per heavy atom. The Kier molecular flexibility index (Phi) is 4.36. The number of ether oxygens (including phenoxy) is 1. The summed E-state index contributed by atoms with van der Waals surface area (Å²) in [5, 5.41) is 7.85. The fourth-order valence-corrected chi connectivity index (χ4v) is 2.08. The summed E-state index contributed by atoms with van der Waals surface area (Å²) < 4.78 is 7.43. The average Bonchev–Trinajstić information content (AvgIpc) is 2.54. The molecule has 90 valence electrons. The van der Waals surface area contributed by atoms with Gasteiger partial charge in [-0.15, -0.1) is 0 Å². The van der Waals surface area contributed by atoms with E-state index < -0.39 is 0 Å². The number of nitrogens with one attached hydrogen (secondary N) is 1. The van der Waals surface area contributed by atoms with Crippen molar-refractivity contribution in [1.82, 2.24) is 15.1 Å². The SMILES string of the molecule is Cc1cnn(CCNC2CCCOCC2)c1.